The summed E-state index contributed by atoms with van der Waals surface area (Å²) in [6, 6.07) is 7.70. The molecule has 0 aliphatic carbocycles. The maximum absolute atomic E-state index is 9.91. The highest BCUT2D eigenvalue weighted by Crippen LogP contribution is 2.18. The van der Waals surface area contributed by atoms with E-state index in [1.54, 1.807) is 24.6 Å². The number of thiophene rings is 1. The van der Waals surface area contributed by atoms with Crippen LogP contribution < -0.4 is 10.1 Å². The van der Waals surface area contributed by atoms with Gasteiger partial charge in [0.25, 0.3) is 0 Å². The summed E-state index contributed by atoms with van der Waals surface area (Å²) in [6.45, 7) is 1.14. The molecular weight excluding hydrogens is 248 g/mol. The van der Waals surface area contributed by atoms with E-state index in [2.05, 4.69) is 10.3 Å². The summed E-state index contributed by atoms with van der Waals surface area (Å²) >= 11 is 1.56. The van der Waals surface area contributed by atoms with E-state index < -0.39 is 6.10 Å². The lowest BCUT2D eigenvalue weighted by Gasteiger charge is -2.11. The monoisotopic (exact) mass is 264 g/mol. The van der Waals surface area contributed by atoms with Crippen LogP contribution in [0.4, 0.5) is 0 Å². The molecule has 2 N–H and O–H groups in total. The van der Waals surface area contributed by atoms with E-state index in [4.69, 9.17) is 4.74 Å². The molecule has 2 aromatic rings. The Morgan fingerprint density at radius 2 is 2.33 bits per heavy atom. The molecule has 2 heterocycles. The second kappa shape index (κ2) is 6.49. The third kappa shape index (κ3) is 3.29. The number of nitrogens with one attached hydrogen (secondary N) is 1. The van der Waals surface area contributed by atoms with Crippen LogP contribution >= 0.6 is 11.3 Å². The lowest BCUT2D eigenvalue weighted by Crippen LogP contribution is -2.21. The van der Waals surface area contributed by atoms with Crippen LogP contribution in [0.1, 0.15) is 16.5 Å². The van der Waals surface area contributed by atoms with Crippen molar-refractivity contribution in [1.29, 1.82) is 0 Å². The quantitative estimate of drug-likeness (QED) is 0.837. The van der Waals surface area contributed by atoms with E-state index in [9.17, 15) is 5.11 Å². The minimum atomic E-state index is -0.465. The first-order valence-electron chi connectivity index (χ1n) is 5.71. The molecule has 1 unspecified atom stereocenters. The summed E-state index contributed by atoms with van der Waals surface area (Å²) in [4.78, 5) is 5.10. The Balaban J connectivity index is 1.85. The van der Waals surface area contributed by atoms with E-state index in [0.29, 0.717) is 19.0 Å². The van der Waals surface area contributed by atoms with Crippen molar-refractivity contribution in [2.75, 3.05) is 13.7 Å². The molecule has 0 saturated heterocycles. The average Bonchev–Trinajstić information content (AvgIpc) is 2.93. The molecule has 2 rings (SSSR count). The van der Waals surface area contributed by atoms with Crippen LogP contribution in [-0.2, 0) is 6.54 Å². The van der Waals surface area contributed by atoms with Gasteiger partial charge < -0.3 is 15.2 Å². The lowest BCUT2D eigenvalue weighted by atomic mass is 10.2. The van der Waals surface area contributed by atoms with Gasteiger partial charge in [0.05, 0.1) is 7.11 Å². The predicted octanol–water partition coefficient (Wildman–Crippen LogP) is 1.97. The van der Waals surface area contributed by atoms with Crippen LogP contribution in [0.25, 0.3) is 0 Å². The van der Waals surface area contributed by atoms with Gasteiger partial charge in [0.1, 0.15) is 6.10 Å². The molecule has 2 aromatic heterocycles. The third-order valence-electron chi connectivity index (χ3n) is 2.57. The Kier molecular flexibility index (Phi) is 4.69. The molecule has 0 saturated carbocycles. The van der Waals surface area contributed by atoms with Crippen molar-refractivity contribution >= 4 is 11.3 Å². The first-order valence-corrected chi connectivity index (χ1v) is 6.59. The van der Waals surface area contributed by atoms with Crippen molar-refractivity contribution in [2.24, 2.45) is 0 Å². The molecule has 0 bridgehead atoms. The fourth-order valence-electron chi connectivity index (χ4n) is 1.67. The number of rotatable bonds is 6. The number of pyridine rings is 1. The van der Waals surface area contributed by atoms with Crippen LogP contribution in [-0.4, -0.2) is 23.7 Å². The first-order chi connectivity index (χ1) is 8.81. The van der Waals surface area contributed by atoms with Crippen molar-refractivity contribution in [3.8, 4) is 5.88 Å². The van der Waals surface area contributed by atoms with Gasteiger partial charge in [0, 0.05) is 29.7 Å². The van der Waals surface area contributed by atoms with Gasteiger partial charge in [-0.15, -0.1) is 11.3 Å². The van der Waals surface area contributed by atoms with Gasteiger partial charge in [-0.05, 0) is 17.5 Å². The zero-order chi connectivity index (χ0) is 12.8. The third-order valence-corrected chi connectivity index (χ3v) is 3.54. The maximum Gasteiger partial charge on any atom is 0.217 e. The van der Waals surface area contributed by atoms with Gasteiger partial charge in [-0.3, -0.25) is 0 Å². The summed E-state index contributed by atoms with van der Waals surface area (Å²) in [5.41, 5.74) is 0.985. The molecule has 0 amide bonds. The SMILES string of the molecule is COc1ncccc1CNCC(O)c1cccs1. The Hall–Kier alpha value is -1.43. The predicted molar refractivity (Wildman–Crippen MR) is 71.8 cm³/mol. The number of ether oxygens (including phenoxy) is 1. The zero-order valence-corrected chi connectivity index (χ0v) is 11.0. The van der Waals surface area contributed by atoms with E-state index in [1.807, 2.05) is 29.6 Å². The maximum atomic E-state index is 9.91. The van der Waals surface area contributed by atoms with Crippen molar-refractivity contribution in [2.45, 2.75) is 12.6 Å². The molecular formula is C13H16N2O2S. The largest absolute Gasteiger partial charge is 0.481 e. The van der Waals surface area contributed by atoms with Gasteiger partial charge in [-0.1, -0.05) is 12.1 Å². The molecule has 0 spiro atoms. The molecule has 0 radical (unpaired) electrons. The number of hydrogen-bond acceptors (Lipinski definition) is 5. The molecule has 4 nitrogen and oxygen atoms in total. The molecule has 1 atom stereocenters. The molecule has 0 aliphatic heterocycles. The topological polar surface area (TPSA) is 54.4 Å². The summed E-state index contributed by atoms with van der Waals surface area (Å²) in [5, 5.41) is 15.1. The fraction of sp³-hybridized carbons (Fsp3) is 0.308. The summed E-state index contributed by atoms with van der Waals surface area (Å²) in [7, 11) is 1.60. The van der Waals surface area contributed by atoms with Crippen molar-refractivity contribution < 1.29 is 9.84 Å². The van der Waals surface area contributed by atoms with Crippen LogP contribution in [0.15, 0.2) is 35.8 Å². The highest BCUT2D eigenvalue weighted by molar-refractivity contribution is 7.10. The van der Waals surface area contributed by atoms with Crippen LogP contribution in [0.3, 0.4) is 0 Å². The molecule has 0 aromatic carbocycles. The normalized spacial score (nSPS) is 12.3. The minimum absolute atomic E-state index is 0.465. The van der Waals surface area contributed by atoms with Gasteiger partial charge >= 0.3 is 0 Å². The second-order valence-corrected chi connectivity index (χ2v) is 4.81. The summed E-state index contributed by atoms with van der Waals surface area (Å²) in [6.07, 6.45) is 1.23. The Morgan fingerprint density at radius 3 is 3.06 bits per heavy atom. The van der Waals surface area contributed by atoms with E-state index in [1.165, 1.54) is 0 Å². The molecule has 18 heavy (non-hydrogen) atoms. The van der Waals surface area contributed by atoms with Gasteiger partial charge in [0.15, 0.2) is 0 Å². The minimum Gasteiger partial charge on any atom is -0.481 e. The van der Waals surface area contributed by atoms with E-state index >= 15 is 0 Å². The number of aliphatic hydroxyl groups excluding tert-OH is 1. The summed E-state index contributed by atoms with van der Waals surface area (Å²) < 4.78 is 5.16. The van der Waals surface area contributed by atoms with E-state index in [0.717, 1.165) is 10.4 Å². The smallest absolute Gasteiger partial charge is 0.217 e. The van der Waals surface area contributed by atoms with Crippen LogP contribution in [0, 0.1) is 0 Å². The van der Waals surface area contributed by atoms with Gasteiger partial charge in [-0.2, -0.15) is 0 Å². The standard InChI is InChI=1S/C13H16N2O2S/c1-17-13-10(4-2-6-15-13)8-14-9-11(16)12-5-3-7-18-12/h2-7,11,14,16H,8-9H2,1H3. The molecule has 5 heteroatoms. The Bertz CT molecular complexity index is 474. The Labute approximate surface area is 110 Å². The van der Waals surface area contributed by atoms with Crippen LogP contribution in [0.2, 0.25) is 0 Å². The number of methoxy groups -OCH3 is 1. The van der Waals surface area contributed by atoms with Gasteiger partial charge in [-0.25, -0.2) is 4.98 Å². The van der Waals surface area contributed by atoms with Gasteiger partial charge in [0.2, 0.25) is 5.88 Å². The lowest BCUT2D eigenvalue weighted by molar-refractivity contribution is 0.178. The summed E-state index contributed by atoms with van der Waals surface area (Å²) in [5.74, 6) is 0.621. The number of aromatic nitrogens is 1. The van der Waals surface area contributed by atoms with Crippen molar-refractivity contribution in [3.05, 3.63) is 46.3 Å². The fourth-order valence-corrected chi connectivity index (χ4v) is 2.38. The number of hydrogen-bond donors (Lipinski definition) is 2. The molecule has 0 aliphatic rings. The van der Waals surface area contributed by atoms with Crippen molar-refractivity contribution in [3.63, 3.8) is 0 Å². The average molecular weight is 264 g/mol. The zero-order valence-electron chi connectivity index (χ0n) is 10.2. The molecule has 0 fully saturated rings. The number of nitrogens with zero attached hydrogens (tertiary/aromatic N) is 1. The highest BCUT2D eigenvalue weighted by atomic mass is 32.1. The van der Waals surface area contributed by atoms with Crippen LogP contribution in [0.5, 0.6) is 5.88 Å². The van der Waals surface area contributed by atoms with Crippen molar-refractivity contribution in [1.82, 2.24) is 10.3 Å². The Morgan fingerprint density at radius 1 is 1.44 bits per heavy atom. The second-order valence-electron chi connectivity index (χ2n) is 3.83. The highest BCUT2D eigenvalue weighted by Gasteiger charge is 2.08. The number of aliphatic hydroxyl groups is 1. The van der Waals surface area contributed by atoms with E-state index in [-0.39, 0.29) is 0 Å². The first kappa shape index (κ1) is 13.0. The molecule has 96 valence electrons.